The minimum absolute atomic E-state index is 0.0386. The minimum atomic E-state index is -0.124. The monoisotopic (exact) mass is 326 g/mol. The van der Waals surface area contributed by atoms with E-state index in [1.165, 1.54) is 6.92 Å². The number of hydrogen-bond donors (Lipinski definition) is 1. The molecule has 0 aliphatic carbocycles. The summed E-state index contributed by atoms with van der Waals surface area (Å²) in [5.41, 5.74) is 2.33. The highest BCUT2D eigenvalue weighted by atomic mass is 16.7. The highest BCUT2D eigenvalue weighted by molar-refractivity contribution is 5.93. The van der Waals surface area contributed by atoms with Gasteiger partial charge in [0, 0.05) is 31.4 Å². The number of hydrogen-bond acceptors (Lipinski definition) is 4. The van der Waals surface area contributed by atoms with Gasteiger partial charge in [-0.2, -0.15) is 0 Å². The van der Waals surface area contributed by atoms with Gasteiger partial charge >= 0.3 is 0 Å². The van der Waals surface area contributed by atoms with Crippen molar-refractivity contribution in [1.29, 1.82) is 0 Å². The molecule has 124 valence electrons. The number of amides is 2. The Hall–Kier alpha value is -3.02. The molecule has 0 saturated carbocycles. The Bertz CT molecular complexity index is 771. The van der Waals surface area contributed by atoms with Crippen LogP contribution in [0.2, 0.25) is 0 Å². The van der Waals surface area contributed by atoms with Crippen LogP contribution >= 0.6 is 0 Å². The molecule has 0 atom stereocenters. The number of carbonyl (C=O) groups excluding carboxylic acids is 2. The number of fused-ring (bicyclic) bond motifs is 1. The second-order valence-corrected chi connectivity index (χ2v) is 5.54. The number of ether oxygens (including phenoxy) is 2. The average molecular weight is 326 g/mol. The fraction of sp³-hybridized carbons (Fsp3) is 0.222. The lowest BCUT2D eigenvalue weighted by Gasteiger charge is -2.15. The zero-order valence-corrected chi connectivity index (χ0v) is 13.5. The van der Waals surface area contributed by atoms with Crippen LogP contribution < -0.4 is 19.7 Å². The highest BCUT2D eigenvalue weighted by Crippen LogP contribution is 2.34. The predicted octanol–water partition coefficient (Wildman–Crippen LogP) is 2.58. The van der Waals surface area contributed by atoms with Gasteiger partial charge in [-0.05, 0) is 29.8 Å². The molecule has 24 heavy (non-hydrogen) atoms. The first-order chi connectivity index (χ1) is 11.5. The Labute approximate surface area is 140 Å². The second-order valence-electron chi connectivity index (χ2n) is 5.54. The summed E-state index contributed by atoms with van der Waals surface area (Å²) in [4.78, 5) is 25.0. The van der Waals surface area contributed by atoms with Gasteiger partial charge in [-0.3, -0.25) is 9.59 Å². The van der Waals surface area contributed by atoms with Crippen molar-refractivity contribution in [2.45, 2.75) is 13.3 Å². The normalized spacial score (nSPS) is 11.9. The molecule has 0 aromatic heterocycles. The van der Waals surface area contributed by atoms with Crippen molar-refractivity contribution in [3.63, 3.8) is 0 Å². The van der Waals surface area contributed by atoms with Gasteiger partial charge in [-0.15, -0.1) is 0 Å². The molecule has 0 saturated heterocycles. The van der Waals surface area contributed by atoms with Crippen LogP contribution in [0.15, 0.2) is 42.5 Å². The first-order valence-corrected chi connectivity index (χ1v) is 7.55. The first kappa shape index (κ1) is 15.9. The Morgan fingerprint density at radius 1 is 1.08 bits per heavy atom. The van der Waals surface area contributed by atoms with Crippen molar-refractivity contribution in [2.24, 2.45) is 0 Å². The van der Waals surface area contributed by atoms with Gasteiger partial charge in [-0.25, -0.2) is 0 Å². The lowest BCUT2D eigenvalue weighted by Crippen LogP contribution is -2.22. The van der Waals surface area contributed by atoms with E-state index in [-0.39, 0.29) is 25.0 Å². The highest BCUT2D eigenvalue weighted by Gasteiger charge is 2.14. The van der Waals surface area contributed by atoms with Crippen LogP contribution in [0.3, 0.4) is 0 Å². The van der Waals surface area contributed by atoms with Crippen LogP contribution in [-0.4, -0.2) is 25.7 Å². The first-order valence-electron chi connectivity index (χ1n) is 7.55. The van der Waals surface area contributed by atoms with Crippen molar-refractivity contribution in [3.05, 3.63) is 48.0 Å². The maximum Gasteiger partial charge on any atom is 0.231 e. The van der Waals surface area contributed by atoms with Gasteiger partial charge in [0.15, 0.2) is 11.5 Å². The molecule has 3 rings (SSSR count). The fourth-order valence-electron chi connectivity index (χ4n) is 2.38. The molecule has 1 aliphatic heterocycles. The number of nitrogens with zero attached hydrogens (tertiary/aromatic N) is 1. The summed E-state index contributed by atoms with van der Waals surface area (Å²) in [7, 11) is 1.71. The van der Waals surface area contributed by atoms with Crippen molar-refractivity contribution in [2.75, 3.05) is 24.1 Å². The van der Waals surface area contributed by atoms with Gasteiger partial charge in [-0.1, -0.05) is 12.1 Å². The SMILES string of the molecule is CC(=O)N(C)c1ccc(CC(=O)Nc2ccc3c(c2)OCO3)cc1. The van der Waals surface area contributed by atoms with Crippen LogP contribution in [0.4, 0.5) is 11.4 Å². The number of benzene rings is 2. The molecular formula is C18H18N2O4. The molecule has 1 aliphatic rings. The number of nitrogens with one attached hydrogen (secondary N) is 1. The molecule has 0 bridgehead atoms. The van der Waals surface area contributed by atoms with Crippen molar-refractivity contribution < 1.29 is 19.1 Å². The van der Waals surface area contributed by atoms with Gasteiger partial charge in [0.25, 0.3) is 0 Å². The number of carbonyl (C=O) groups is 2. The molecule has 6 nitrogen and oxygen atoms in total. The molecule has 2 aromatic carbocycles. The molecule has 0 spiro atoms. The molecular weight excluding hydrogens is 308 g/mol. The van der Waals surface area contributed by atoms with Crippen molar-refractivity contribution in [3.8, 4) is 11.5 Å². The fourth-order valence-corrected chi connectivity index (χ4v) is 2.38. The topological polar surface area (TPSA) is 67.9 Å². The van der Waals surface area contributed by atoms with Crippen LogP contribution in [0.5, 0.6) is 11.5 Å². The van der Waals surface area contributed by atoms with Gasteiger partial charge in [0.05, 0.1) is 6.42 Å². The number of anilines is 2. The Morgan fingerprint density at radius 2 is 1.79 bits per heavy atom. The Kier molecular flexibility index (Phi) is 4.37. The summed E-state index contributed by atoms with van der Waals surface area (Å²) >= 11 is 0. The van der Waals surface area contributed by atoms with E-state index in [9.17, 15) is 9.59 Å². The minimum Gasteiger partial charge on any atom is -0.454 e. The van der Waals surface area contributed by atoms with E-state index in [4.69, 9.17) is 9.47 Å². The molecule has 2 aromatic rings. The van der Waals surface area contributed by atoms with Crippen molar-refractivity contribution in [1.82, 2.24) is 0 Å². The predicted molar refractivity (Wildman–Crippen MR) is 90.4 cm³/mol. The lowest BCUT2D eigenvalue weighted by molar-refractivity contribution is -0.116. The van der Waals surface area contributed by atoms with Crippen LogP contribution in [0.25, 0.3) is 0 Å². The maximum atomic E-state index is 12.2. The zero-order valence-electron chi connectivity index (χ0n) is 13.5. The average Bonchev–Trinajstić information content (AvgIpc) is 3.02. The summed E-state index contributed by atoms with van der Waals surface area (Å²) in [6, 6.07) is 12.6. The summed E-state index contributed by atoms with van der Waals surface area (Å²) in [5, 5.41) is 2.84. The molecule has 1 N–H and O–H groups in total. The molecule has 6 heteroatoms. The van der Waals surface area contributed by atoms with E-state index < -0.39 is 0 Å². The Balaban J connectivity index is 1.61. The summed E-state index contributed by atoms with van der Waals surface area (Å²) in [5.74, 6) is 1.15. The van der Waals surface area contributed by atoms with E-state index in [0.717, 1.165) is 11.3 Å². The molecule has 0 fully saturated rings. The number of rotatable bonds is 4. The smallest absolute Gasteiger partial charge is 0.231 e. The molecule has 0 unspecified atom stereocenters. The molecule has 0 radical (unpaired) electrons. The van der Waals surface area contributed by atoms with Crippen LogP contribution in [0, 0.1) is 0 Å². The zero-order chi connectivity index (χ0) is 17.1. The van der Waals surface area contributed by atoms with Gasteiger partial charge in [0.1, 0.15) is 0 Å². The van der Waals surface area contributed by atoms with E-state index >= 15 is 0 Å². The van der Waals surface area contributed by atoms with E-state index in [0.29, 0.717) is 17.2 Å². The Morgan fingerprint density at radius 3 is 2.50 bits per heavy atom. The summed E-state index contributed by atoms with van der Waals surface area (Å²) in [6.45, 7) is 1.71. The largest absolute Gasteiger partial charge is 0.454 e. The van der Waals surface area contributed by atoms with Gasteiger partial charge < -0.3 is 19.7 Å². The van der Waals surface area contributed by atoms with Gasteiger partial charge in [0.2, 0.25) is 18.6 Å². The summed E-state index contributed by atoms with van der Waals surface area (Å²) < 4.78 is 10.5. The molecule has 2 amide bonds. The maximum absolute atomic E-state index is 12.2. The van der Waals surface area contributed by atoms with E-state index in [1.54, 1.807) is 30.1 Å². The standard InChI is InChI=1S/C18H18N2O4/c1-12(21)20(2)15-6-3-13(4-7-15)9-18(22)19-14-5-8-16-17(10-14)24-11-23-16/h3-8,10H,9,11H2,1-2H3,(H,19,22). The van der Waals surface area contributed by atoms with Crippen molar-refractivity contribution >= 4 is 23.2 Å². The third-order valence-electron chi connectivity index (χ3n) is 3.82. The molecule has 1 heterocycles. The second kappa shape index (κ2) is 6.62. The lowest BCUT2D eigenvalue weighted by atomic mass is 10.1. The summed E-state index contributed by atoms with van der Waals surface area (Å²) in [6.07, 6.45) is 0.249. The third-order valence-corrected chi connectivity index (χ3v) is 3.82. The van der Waals surface area contributed by atoms with Crippen LogP contribution in [0.1, 0.15) is 12.5 Å². The third kappa shape index (κ3) is 3.48. The van der Waals surface area contributed by atoms with Crippen LogP contribution in [-0.2, 0) is 16.0 Å². The van der Waals surface area contributed by atoms with E-state index in [2.05, 4.69) is 5.32 Å². The van der Waals surface area contributed by atoms with E-state index in [1.807, 2.05) is 24.3 Å². The quantitative estimate of drug-likeness (QED) is 0.938.